The van der Waals surface area contributed by atoms with Gasteiger partial charge in [-0.2, -0.15) is 13.2 Å². The lowest BCUT2D eigenvalue weighted by Gasteiger charge is -2.16. The molecule has 9 heteroatoms. The van der Waals surface area contributed by atoms with E-state index in [1.807, 2.05) is 5.32 Å². The Morgan fingerprint density at radius 2 is 2.04 bits per heavy atom. The number of benzene rings is 1. The quantitative estimate of drug-likeness (QED) is 0.743. The minimum Gasteiger partial charge on any atom is -0.339 e. The number of amides is 1. The van der Waals surface area contributed by atoms with Crippen molar-refractivity contribution < 1.29 is 18.0 Å². The monoisotopic (exact) mass is 382 g/mol. The zero-order chi connectivity index (χ0) is 19.1. The summed E-state index contributed by atoms with van der Waals surface area (Å²) >= 11 is 6.00. The van der Waals surface area contributed by atoms with Crippen molar-refractivity contribution in [1.29, 1.82) is 0 Å². The van der Waals surface area contributed by atoms with Crippen LogP contribution in [-0.2, 0) is 0 Å². The van der Waals surface area contributed by atoms with Gasteiger partial charge in [0.1, 0.15) is 12.4 Å². The minimum absolute atomic E-state index is 0.173. The highest BCUT2D eigenvalue weighted by molar-refractivity contribution is 6.30. The number of carbonyl (C=O) groups excluding carboxylic acids is 1. The maximum Gasteiger partial charge on any atom is 0.408 e. The summed E-state index contributed by atoms with van der Waals surface area (Å²) in [6, 6.07) is 6.76. The van der Waals surface area contributed by atoms with E-state index < -0.39 is 18.1 Å². The fourth-order valence-corrected chi connectivity index (χ4v) is 2.61. The Balaban J connectivity index is 2.04. The Hall–Kier alpha value is -2.61. The second-order valence-electron chi connectivity index (χ2n) is 5.82. The van der Waals surface area contributed by atoms with Crippen molar-refractivity contribution in [3.05, 3.63) is 53.1 Å². The van der Waals surface area contributed by atoms with Crippen LogP contribution in [0.4, 0.5) is 13.2 Å². The number of carbonyl (C=O) groups is 1. The van der Waals surface area contributed by atoms with E-state index in [0.717, 1.165) is 18.2 Å². The van der Waals surface area contributed by atoms with Gasteiger partial charge in [-0.3, -0.25) is 9.20 Å². The third-order valence-electron chi connectivity index (χ3n) is 3.87. The van der Waals surface area contributed by atoms with Crippen LogP contribution in [0, 0.1) is 6.92 Å². The van der Waals surface area contributed by atoms with Crippen molar-refractivity contribution in [3.63, 3.8) is 0 Å². The molecule has 1 unspecified atom stereocenters. The molecule has 1 aromatic carbocycles. The summed E-state index contributed by atoms with van der Waals surface area (Å²) in [6.45, 7) is 2.65. The number of nitrogens with zero attached hydrogens (tertiary/aromatic N) is 3. The highest BCUT2D eigenvalue weighted by atomic mass is 35.5. The molecule has 5 nitrogen and oxygen atoms in total. The van der Waals surface area contributed by atoms with Crippen LogP contribution in [0.2, 0.25) is 5.02 Å². The first-order chi connectivity index (χ1) is 12.2. The molecule has 0 saturated heterocycles. The van der Waals surface area contributed by atoms with E-state index in [-0.39, 0.29) is 11.3 Å². The Morgan fingerprint density at radius 1 is 1.31 bits per heavy atom. The van der Waals surface area contributed by atoms with E-state index in [0.29, 0.717) is 10.7 Å². The van der Waals surface area contributed by atoms with Crippen molar-refractivity contribution in [1.82, 2.24) is 19.7 Å². The fourth-order valence-electron chi connectivity index (χ4n) is 2.42. The maximum absolute atomic E-state index is 12.7. The summed E-state index contributed by atoms with van der Waals surface area (Å²) in [6.07, 6.45) is -3.19. The summed E-state index contributed by atoms with van der Waals surface area (Å²) in [5.41, 5.74) is 1.98. The number of alkyl halides is 3. The third kappa shape index (κ3) is 3.50. The molecule has 3 rings (SSSR count). The molecular weight excluding hydrogens is 369 g/mol. The Bertz CT molecular complexity index is 984. The van der Waals surface area contributed by atoms with E-state index in [4.69, 9.17) is 11.6 Å². The van der Waals surface area contributed by atoms with Crippen LogP contribution in [-0.4, -0.2) is 32.5 Å². The largest absolute Gasteiger partial charge is 0.408 e. The van der Waals surface area contributed by atoms with E-state index >= 15 is 0 Å². The van der Waals surface area contributed by atoms with Gasteiger partial charge in [0.05, 0.1) is 5.69 Å². The van der Waals surface area contributed by atoms with E-state index in [2.05, 4.69) is 9.97 Å². The van der Waals surface area contributed by atoms with Gasteiger partial charge in [-0.15, -0.1) is 0 Å². The first-order valence-electron chi connectivity index (χ1n) is 7.65. The van der Waals surface area contributed by atoms with Gasteiger partial charge in [0.2, 0.25) is 0 Å². The number of aryl methyl sites for hydroxylation is 1. The predicted molar refractivity (Wildman–Crippen MR) is 91.2 cm³/mol. The lowest BCUT2D eigenvalue weighted by Crippen LogP contribution is -2.43. The number of imidazole rings is 1. The minimum atomic E-state index is -4.54. The summed E-state index contributed by atoms with van der Waals surface area (Å²) in [7, 11) is 0. The van der Waals surface area contributed by atoms with Gasteiger partial charge in [0.15, 0.2) is 11.3 Å². The standard InChI is InChI=1S/C17H14ClF3N4O/c1-9-6-13(11-4-3-5-12(18)7-11)24-15-14(22-8-25(9)15)16(26)23-10(2)17(19,20)21/h3-8,10H,1-2H3,(H,23,26). The molecule has 0 radical (unpaired) electrons. The molecule has 2 aromatic heterocycles. The van der Waals surface area contributed by atoms with Crippen LogP contribution in [0.1, 0.15) is 23.1 Å². The van der Waals surface area contributed by atoms with E-state index in [1.165, 1.54) is 6.33 Å². The van der Waals surface area contributed by atoms with Crippen molar-refractivity contribution in [3.8, 4) is 11.3 Å². The first-order valence-corrected chi connectivity index (χ1v) is 8.03. The molecule has 0 spiro atoms. The average molecular weight is 383 g/mol. The fraction of sp³-hybridized carbons (Fsp3) is 0.235. The molecule has 0 bridgehead atoms. The molecule has 0 aliphatic rings. The predicted octanol–water partition coefficient (Wildman–Crippen LogP) is 4.04. The zero-order valence-electron chi connectivity index (χ0n) is 13.8. The molecule has 1 amide bonds. The second-order valence-corrected chi connectivity index (χ2v) is 6.25. The van der Waals surface area contributed by atoms with Crippen LogP contribution >= 0.6 is 11.6 Å². The van der Waals surface area contributed by atoms with Gasteiger partial charge < -0.3 is 5.32 Å². The Labute approximate surface area is 151 Å². The number of halogens is 4. The SMILES string of the molecule is Cc1cc(-c2cccc(Cl)c2)nc2c(C(=O)NC(C)C(F)(F)F)ncn12. The van der Waals surface area contributed by atoms with Crippen molar-refractivity contribution >= 4 is 23.2 Å². The molecule has 136 valence electrons. The third-order valence-corrected chi connectivity index (χ3v) is 4.10. The van der Waals surface area contributed by atoms with Crippen molar-refractivity contribution in [2.24, 2.45) is 0 Å². The molecule has 3 aromatic rings. The molecule has 26 heavy (non-hydrogen) atoms. The van der Waals surface area contributed by atoms with Crippen LogP contribution in [0.5, 0.6) is 0 Å². The smallest absolute Gasteiger partial charge is 0.339 e. The summed E-state index contributed by atoms with van der Waals surface area (Å²) in [4.78, 5) is 20.6. The van der Waals surface area contributed by atoms with Gasteiger partial charge in [-0.05, 0) is 32.0 Å². The number of aromatic nitrogens is 3. The van der Waals surface area contributed by atoms with E-state index in [1.54, 1.807) is 41.7 Å². The number of nitrogens with one attached hydrogen (secondary N) is 1. The molecule has 0 fully saturated rings. The van der Waals surface area contributed by atoms with Crippen LogP contribution in [0.3, 0.4) is 0 Å². The molecule has 1 N–H and O–H groups in total. The van der Waals surface area contributed by atoms with Crippen molar-refractivity contribution in [2.75, 3.05) is 0 Å². The van der Waals surface area contributed by atoms with Gasteiger partial charge >= 0.3 is 6.18 Å². The molecule has 0 aliphatic heterocycles. The number of hydrogen-bond acceptors (Lipinski definition) is 3. The summed E-state index contributed by atoms with van der Waals surface area (Å²) in [5.74, 6) is -0.938. The Morgan fingerprint density at radius 3 is 2.69 bits per heavy atom. The summed E-state index contributed by atoms with van der Waals surface area (Å²) < 4.78 is 39.6. The lowest BCUT2D eigenvalue weighted by atomic mass is 10.1. The van der Waals surface area contributed by atoms with Gasteiger partial charge in [0, 0.05) is 16.3 Å². The average Bonchev–Trinajstić information content (AvgIpc) is 2.98. The number of rotatable bonds is 3. The summed E-state index contributed by atoms with van der Waals surface area (Å²) in [5, 5.41) is 2.42. The zero-order valence-corrected chi connectivity index (χ0v) is 14.6. The number of hydrogen-bond donors (Lipinski definition) is 1. The van der Waals surface area contributed by atoms with Gasteiger partial charge in [-0.25, -0.2) is 9.97 Å². The van der Waals surface area contributed by atoms with E-state index in [9.17, 15) is 18.0 Å². The first kappa shape index (κ1) is 18.2. The highest BCUT2D eigenvalue weighted by Gasteiger charge is 2.37. The molecule has 2 heterocycles. The number of fused-ring (bicyclic) bond motifs is 1. The molecule has 0 saturated carbocycles. The topological polar surface area (TPSA) is 59.3 Å². The van der Waals surface area contributed by atoms with Crippen LogP contribution in [0.25, 0.3) is 16.9 Å². The highest BCUT2D eigenvalue weighted by Crippen LogP contribution is 2.24. The lowest BCUT2D eigenvalue weighted by molar-refractivity contribution is -0.149. The molecule has 0 aliphatic carbocycles. The maximum atomic E-state index is 12.7. The Kier molecular flexibility index (Phi) is 4.62. The van der Waals surface area contributed by atoms with Crippen LogP contribution in [0.15, 0.2) is 36.7 Å². The molecule has 1 atom stereocenters. The van der Waals surface area contributed by atoms with Gasteiger partial charge in [0.25, 0.3) is 5.91 Å². The molecular formula is C17H14ClF3N4O. The van der Waals surface area contributed by atoms with Crippen LogP contribution < -0.4 is 5.32 Å². The van der Waals surface area contributed by atoms with Gasteiger partial charge in [-0.1, -0.05) is 23.7 Å². The van der Waals surface area contributed by atoms with Crippen molar-refractivity contribution in [2.45, 2.75) is 26.1 Å². The normalized spacial score (nSPS) is 13.0. The second kappa shape index (κ2) is 6.60.